The van der Waals surface area contributed by atoms with Gasteiger partial charge >= 0.3 is 0 Å². The maximum atomic E-state index is 13.1. The zero-order valence-electron chi connectivity index (χ0n) is 17.6. The molecule has 2 heterocycles. The Morgan fingerprint density at radius 1 is 1.03 bits per heavy atom. The molecule has 2 saturated heterocycles. The minimum absolute atomic E-state index is 0.0509. The minimum Gasteiger partial charge on any atom is -0.326 e. The van der Waals surface area contributed by atoms with Gasteiger partial charge in [0.2, 0.25) is 15.9 Å². The van der Waals surface area contributed by atoms with Crippen molar-refractivity contribution in [2.24, 2.45) is 11.8 Å². The molecule has 2 atom stereocenters. The van der Waals surface area contributed by atoms with Gasteiger partial charge in [-0.15, -0.1) is 0 Å². The van der Waals surface area contributed by atoms with E-state index in [0.29, 0.717) is 36.1 Å². The molecule has 0 bridgehead atoms. The van der Waals surface area contributed by atoms with E-state index in [2.05, 4.69) is 10.2 Å². The number of rotatable bonds is 5. The minimum atomic E-state index is -3.46. The molecule has 6 nitrogen and oxygen atoms in total. The first kappa shape index (κ1) is 21.9. The van der Waals surface area contributed by atoms with Crippen molar-refractivity contribution in [2.75, 3.05) is 32.0 Å². The van der Waals surface area contributed by atoms with E-state index in [-0.39, 0.29) is 23.7 Å². The molecule has 4 rings (SSSR count). The normalized spacial score (nSPS) is 23.7. The molecule has 8 heteroatoms. The Kier molecular flexibility index (Phi) is 6.41. The lowest BCUT2D eigenvalue weighted by molar-refractivity contribution is -0.119. The Bertz CT molecular complexity index is 1010. The van der Waals surface area contributed by atoms with Crippen molar-refractivity contribution < 1.29 is 17.6 Å². The van der Waals surface area contributed by atoms with Crippen LogP contribution in [0.1, 0.15) is 19.3 Å². The predicted octanol–water partition coefficient (Wildman–Crippen LogP) is 3.19. The molecule has 1 amide bonds. The largest absolute Gasteiger partial charge is 0.326 e. The van der Waals surface area contributed by atoms with Gasteiger partial charge in [0.15, 0.2) is 0 Å². The lowest BCUT2D eigenvalue weighted by Crippen LogP contribution is -2.43. The first-order valence-corrected chi connectivity index (χ1v) is 12.1. The van der Waals surface area contributed by atoms with Crippen molar-refractivity contribution in [3.63, 3.8) is 0 Å². The third-order valence-corrected chi connectivity index (χ3v) is 8.42. The number of nitrogens with one attached hydrogen (secondary N) is 1. The second-order valence-corrected chi connectivity index (χ2v) is 10.4. The molecule has 2 aromatic rings. The maximum absolute atomic E-state index is 13.1. The number of nitrogens with zero attached hydrogens (tertiary/aromatic N) is 2. The van der Waals surface area contributed by atoms with Gasteiger partial charge in [-0.25, -0.2) is 12.8 Å². The number of carbonyl (C=O) groups is 1. The fourth-order valence-electron chi connectivity index (χ4n) is 4.79. The molecular formula is C23H28FN3O3S. The second-order valence-electron chi connectivity index (χ2n) is 8.49. The van der Waals surface area contributed by atoms with Gasteiger partial charge in [0, 0.05) is 31.4 Å². The number of anilines is 1. The topological polar surface area (TPSA) is 69.7 Å². The number of benzene rings is 2. The van der Waals surface area contributed by atoms with Crippen LogP contribution in [0.4, 0.5) is 10.1 Å². The van der Waals surface area contributed by atoms with Crippen molar-refractivity contribution in [1.29, 1.82) is 0 Å². The van der Waals surface area contributed by atoms with Gasteiger partial charge in [-0.3, -0.25) is 4.79 Å². The maximum Gasteiger partial charge on any atom is 0.243 e. The molecule has 0 radical (unpaired) electrons. The van der Waals surface area contributed by atoms with Gasteiger partial charge in [0.05, 0.1) is 10.8 Å². The number of hydrogen-bond donors (Lipinski definition) is 1. The molecule has 0 unspecified atom stereocenters. The quantitative estimate of drug-likeness (QED) is 0.768. The van der Waals surface area contributed by atoms with E-state index in [1.807, 2.05) is 13.1 Å². The Balaban J connectivity index is 1.34. The van der Waals surface area contributed by atoms with Gasteiger partial charge in [0.1, 0.15) is 5.82 Å². The summed E-state index contributed by atoms with van der Waals surface area (Å²) in [5.41, 5.74) is 0.594. The molecule has 0 saturated carbocycles. The standard InChI is InChI=1S/C23H28FN3O3S/c1-26-16-18(23(28)25-20-9-7-19(24)8-10-20)15-22(26)17-11-13-27(14-12-17)31(29,30)21-5-3-2-4-6-21/h2-10,17-18,22H,11-16H2,1H3,(H,25,28)/t18-,22+/m0/s1. The van der Waals surface area contributed by atoms with E-state index >= 15 is 0 Å². The Morgan fingerprint density at radius 3 is 2.32 bits per heavy atom. The number of halogens is 1. The Hall–Kier alpha value is -2.29. The summed E-state index contributed by atoms with van der Waals surface area (Å²) in [7, 11) is -1.42. The number of carbonyl (C=O) groups excluding carboxylic acids is 1. The lowest BCUT2D eigenvalue weighted by Gasteiger charge is -2.36. The molecule has 0 aliphatic carbocycles. The van der Waals surface area contributed by atoms with Crippen LogP contribution < -0.4 is 5.32 Å². The van der Waals surface area contributed by atoms with Crippen molar-refractivity contribution >= 4 is 21.6 Å². The summed E-state index contributed by atoms with van der Waals surface area (Å²) in [6.45, 7) is 1.66. The molecule has 2 aliphatic heterocycles. The van der Waals surface area contributed by atoms with Crippen LogP contribution in [0.15, 0.2) is 59.5 Å². The van der Waals surface area contributed by atoms with Gasteiger partial charge < -0.3 is 10.2 Å². The predicted molar refractivity (Wildman–Crippen MR) is 117 cm³/mol. The molecule has 0 aromatic heterocycles. The van der Waals surface area contributed by atoms with Gasteiger partial charge in [0.25, 0.3) is 0 Å². The van der Waals surface area contributed by atoms with E-state index in [0.717, 1.165) is 19.3 Å². The zero-order chi connectivity index (χ0) is 22.0. The van der Waals surface area contributed by atoms with Crippen molar-refractivity contribution in [3.8, 4) is 0 Å². The molecule has 166 valence electrons. The molecule has 1 N–H and O–H groups in total. The van der Waals surface area contributed by atoms with Crippen molar-refractivity contribution in [1.82, 2.24) is 9.21 Å². The first-order valence-electron chi connectivity index (χ1n) is 10.7. The highest BCUT2D eigenvalue weighted by molar-refractivity contribution is 7.89. The summed E-state index contributed by atoms with van der Waals surface area (Å²) >= 11 is 0. The summed E-state index contributed by atoms with van der Waals surface area (Å²) in [5, 5.41) is 2.88. The summed E-state index contributed by atoms with van der Waals surface area (Å²) in [6.07, 6.45) is 2.32. The van der Waals surface area contributed by atoms with E-state index in [1.54, 1.807) is 40.7 Å². The van der Waals surface area contributed by atoms with Crippen LogP contribution in [-0.4, -0.2) is 56.3 Å². The highest BCUT2D eigenvalue weighted by Gasteiger charge is 2.40. The molecule has 2 aromatic carbocycles. The van der Waals surface area contributed by atoms with Gasteiger partial charge in [-0.05, 0) is 68.6 Å². The zero-order valence-corrected chi connectivity index (χ0v) is 18.4. The number of piperidine rings is 1. The first-order chi connectivity index (χ1) is 14.8. The van der Waals surface area contributed by atoms with E-state index in [4.69, 9.17) is 0 Å². The number of sulfonamides is 1. The SMILES string of the molecule is CN1C[C@@H](C(=O)Nc2ccc(F)cc2)C[C@@H]1C1CCN(S(=O)(=O)c2ccccc2)CC1. The van der Waals surface area contributed by atoms with Crippen LogP contribution in [0.25, 0.3) is 0 Å². The van der Waals surface area contributed by atoms with Crippen molar-refractivity contribution in [2.45, 2.75) is 30.2 Å². The van der Waals surface area contributed by atoms with E-state index < -0.39 is 10.0 Å². The van der Waals surface area contributed by atoms with Crippen molar-refractivity contribution in [3.05, 3.63) is 60.4 Å². The highest BCUT2D eigenvalue weighted by Crippen LogP contribution is 2.34. The highest BCUT2D eigenvalue weighted by atomic mass is 32.2. The average Bonchev–Trinajstić information content (AvgIpc) is 3.18. The van der Waals surface area contributed by atoms with Crippen LogP contribution in [-0.2, 0) is 14.8 Å². The fourth-order valence-corrected chi connectivity index (χ4v) is 6.28. The third-order valence-electron chi connectivity index (χ3n) is 6.51. The Morgan fingerprint density at radius 2 is 1.68 bits per heavy atom. The summed E-state index contributed by atoms with van der Waals surface area (Å²) in [4.78, 5) is 15.3. The fraction of sp³-hybridized carbons (Fsp3) is 0.435. The third kappa shape index (κ3) is 4.81. The smallest absolute Gasteiger partial charge is 0.243 e. The lowest BCUT2D eigenvalue weighted by atomic mass is 9.87. The number of hydrogen-bond acceptors (Lipinski definition) is 4. The van der Waals surface area contributed by atoms with Gasteiger partial charge in [-0.1, -0.05) is 18.2 Å². The number of amides is 1. The molecule has 31 heavy (non-hydrogen) atoms. The molecule has 0 spiro atoms. The Labute approximate surface area is 183 Å². The average molecular weight is 446 g/mol. The van der Waals surface area contributed by atoms with Crippen LogP contribution in [0.5, 0.6) is 0 Å². The van der Waals surface area contributed by atoms with Crippen LogP contribution in [0, 0.1) is 17.7 Å². The monoisotopic (exact) mass is 445 g/mol. The summed E-state index contributed by atoms with van der Waals surface area (Å²) in [6, 6.07) is 14.6. The molecule has 2 aliphatic rings. The second kappa shape index (κ2) is 9.06. The van der Waals surface area contributed by atoms with E-state index in [1.165, 1.54) is 12.1 Å². The van der Waals surface area contributed by atoms with Gasteiger partial charge in [-0.2, -0.15) is 4.31 Å². The summed E-state index contributed by atoms with van der Waals surface area (Å²) < 4.78 is 40.4. The molecular weight excluding hydrogens is 417 g/mol. The number of likely N-dealkylation sites (tertiary alicyclic amines) is 1. The summed E-state index contributed by atoms with van der Waals surface area (Å²) in [5.74, 6) is -0.161. The van der Waals surface area contributed by atoms with E-state index in [9.17, 15) is 17.6 Å². The van der Waals surface area contributed by atoms with Crippen LogP contribution in [0.2, 0.25) is 0 Å². The van der Waals surface area contributed by atoms with Crippen LogP contribution in [0.3, 0.4) is 0 Å². The molecule has 2 fully saturated rings. The van der Waals surface area contributed by atoms with Crippen LogP contribution >= 0.6 is 0 Å².